The summed E-state index contributed by atoms with van der Waals surface area (Å²) in [5.41, 5.74) is 7.07. The lowest BCUT2D eigenvalue weighted by atomic mass is 10.0. The van der Waals surface area contributed by atoms with E-state index in [1.54, 1.807) is 56.1 Å². The van der Waals surface area contributed by atoms with Crippen molar-refractivity contribution in [2.24, 2.45) is 0 Å². The summed E-state index contributed by atoms with van der Waals surface area (Å²) in [4.78, 5) is 18.0. The summed E-state index contributed by atoms with van der Waals surface area (Å²) in [6, 6.07) is 15.3. The standard InChI is InChI=1S/C52H62N4O12/c1-25(2)61-37-17-18-38(62-26(3)4)42-30-22-34-46-48(68-52(12,60-16)51(11,59-15)66-46)36(56-34)24-32-44-40(64-28(7)8)20-19-39(63-27(5)6)43(44)31(54-32)23-35-47-45(33(55-35)21-29(53-30)41(37)42)65-49(9,57-13)50(10,58-14)67-47/h17-28,55-56H,1-16H3/t49-,50-,51-,52-/m1/s1. The molecule has 362 valence electrons. The molecular formula is C52H62N4O12. The number of aromatic nitrogens is 4. The summed E-state index contributed by atoms with van der Waals surface area (Å²) < 4.78 is 77.7. The molecule has 0 radical (unpaired) electrons. The summed E-state index contributed by atoms with van der Waals surface area (Å²) in [6.45, 7) is 22.9. The van der Waals surface area contributed by atoms with E-state index in [4.69, 9.17) is 66.8 Å². The zero-order chi connectivity index (χ0) is 48.8. The van der Waals surface area contributed by atoms with Crippen LogP contribution in [0.25, 0.3) is 67.1 Å². The topological polar surface area (TPSA) is 168 Å². The van der Waals surface area contributed by atoms with Gasteiger partial charge in [-0.25, -0.2) is 9.97 Å². The van der Waals surface area contributed by atoms with Crippen molar-refractivity contribution in [3.8, 4) is 91.0 Å². The Morgan fingerprint density at radius 3 is 0.765 bits per heavy atom. The van der Waals surface area contributed by atoms with E-state index in [9.17, 15) is 0 Å². The lowest BCUT2D eigenvalue weighted by Crippen LogP contribution is -2.62. The van der Waals surface area contributed by atoms with Crippen molar-refractivity contribution in [3.63, 3.8) is 0 Å². The van der Waals surface area contributed by atoms with Gasteiger partial charge in [0.2, 0.25) is 0 Å². The summed E-state index contributed by atoms with van der Waals surface area (Å²) >= 11 is 0. The fourth-order valence-corrected chi connectivity index (χ4v) is 8.88. The van der Waals surface area contributed by atoms with Crippen LogP contribution < -0.4 is 37.9 Å². The Morgan fingerprint density at radius 1 is 0.382 bits per heavy atom. The molecule has 9 rings (SSSR count). The first-order valence-electron chi connectivity index (χ1n) is 23.0. The molecule has 16 nitrogen and oxygen atoms in total. The van der Waals surface area contributed by atoms with Gasteiger partial charge in [-0.05, 0) is 104 Å². The van der Waals surface area contributed by atoms with Crippen molar-refractivity contribution >= 4 is 22.1 Å². The van der Waals surface area contributed by atoms with Crippen LogP contribution in [0, 0.1) is 0 Å². The molecule has 0 spiro atoms. The Balaban J connectivity index is 1.50. The molecule has 0 saturated heterocycles. The van der Waals surface area contributed by atoms with E-state index in [0.29, 0.717) is 113 Å². The lowest BCUT2D eigenvalue weighted by molar-refractivity contribution is -0.344. The third-order valence-corrected chi connectivity index (χ3v) is 12.7. The van der Waals surface area contributed by atoms with Crippen LogP contribution in [-0.2, 0) is 18.9 Å². The zero-order valence-electron chi connectivity index (χ0n) is 41.7. The van der Waals surface area contributed by atoms with E-state index in [2.05, 4.69) is 9.97 Å². The maximum Gasteiger partial charge on any atom is 0.273 e. The molecular weight excluding hydrogens is 873 g/mol. The third kappa shape index (κ3) is 7.52. The molecule has 4 aliphatic heterocycles. The smallest absolute Gasteiger partial charge is 0.273 e. The highest BCUT2D eigenvalue weighted by atomic mass is 16.8. The van der Waals surface area contributed by atoms with Gasteiger partial charge in [-0.2, -0.15) is 0 Å². The molecule has 8 bridgehead atoms. The largest absolute Gasteiger partial charge is 0.490 e. The van der Waals surface area contributed by atoms with E-state index in [-0.39, 0.29) is 24.4 Å². The fraction of sp³-hybridized carbons (Fsp3) is 0.462. The highest BCUT2D eigenvalue weighted by Gasteiger charge is 2.57. The molecule has 0 saturated carbocycles. The Bertz CT molecular complexity index is 2590. The summed E-state index contributed by atoms with van der Waals surface area (Å²) in [6.07, 6.45) is -0.701. The van der Waals surface area contributed by atoms with E-state index < -0.39 is 23.1 Å². The van der Waals surface area contributed by atoms with Crippen molar-refractivity contribution in [3.05, 3.63) is 48.5 Å². The fourth-order valence-electron chi connectivity index (χ4n) is 8.88. The van der Waals surface area contributed by atoms with Gasteiger partial charge >= 0.3 is 0 Å². The summed E-state index contributed by atoms with van der Waals surface area (Å²) in [5.74, 6) is -1.78. The second kappa shape index (κ2) is 16.8. The van der Waals surface area contributed by atoms with Crippen LogP contribution in [0.2, 0.25) is 0 Å². The van der Waals surface area contributed by atoms with Crippen molar-refractivity contribution in [1.29, 1.82) is 0 Å². The van der Waals surface area contributed by atoms with E-state index in [1.807, 2.05) is 104 Å². The minimum absolute atomic E-state index is 0.175. The first-order chi connectivity index (χ1) is 32.2. The van der Waals surface area contributed by atoms with Crippen LogP contribution in [0.3, 0.4) is 0 Å². The van der Waals surface area contributed by atoms with E-state index in [0.717, 1.165) is 0 Å². The van der Waals surface area contributed by atoms with Crippen LogP contribution >= 0.6 is 0 Å². The maximum absolute atomic E-state index is 6.86. The first-order valence-corrected chi connectivity index (χ1v) is 23.0. The number of rotatable bonds is 12. The molecule has 0 fully saturated rings. The minimum Gasteiger partial charge on any atom is -0.490 e. The molecule has 4 atom stereocenters. The van der Waals surface area contributed by atoms with Crippen LogP contribution in [-0.4, -0.2) is 95.9 Å². The predicted molar refractivity (Wildman–Crippen MR) is 257 cm³/mol. The molecule has 2 N–H and O–H groups in total. The Morgan fingerprint density at radius 2 is 0.588 bits per heavy atom. The second-order valence-corrected chi connectivity index (χ2v) is 18.9. The highest BCUT2D eigenvalue weighted by Crippen LogP contribution is 2.56. The number of H-pyrrole nitrogens is 2. The molecule has 68 heavy (non-hydrogen) atoms. The average Bonchev–Trinajstić information content (AvgIpc) is 4.00. The zero-order valence-corrected chi connectivity index (χ0v) is 41.7. The van der Waals surface area contributed by atoms with Gasteiger partial charge in [0.15, 0.2) is 23.0 Å². The van der Waals surface area contributed by atoms with Crippen LogP contribution in [0.4, 0.5) is 0 Å². The number of fused-ring (bicyclic) bond motifs is 20. The van der Waals surface area contributed by atoms with Crippen molar-refractivity contribution in [1.82, 2.24) is 19.9 Å². The molecule has 16 heteroatoms. The van der Waals surface area contributed by atoms with Crippen LogP contribution in [0.15, 0.2) is 48.5 Å². The van der Waals surface area contributed by atoms with Gasteiger partial charge in [0.1, 0.15) is 23.0 Å². The van der Waals surface area contributed by atoms with Gasteiger partial charge < -0.3 is 66.8 Å². The van der Waals surface area contributed by atoms with Gasteiger partial charge in [0.05, 0.1) is 91.5 Å². The van der Waals surface area contributed by atoms with Crippen LogP contribution in [0.5, 0.6) is 46.0 Å². The number of benzene rings is 2. The number of nitrogens with zero attached hydrogens (tertiary/aromatic N) is 2. The molecule has 0 aliphatic carbocycles. The molecule has 3 aromatic heterocycles. The van der Waals surface area contributed by atoms with E-state index in [1.165, 1.54) is 0 Å². The first kappa shape index (κ1) is 46.9. The normalized spacial score (nSPS) is 22.4. The molecule has 7 heterocycles. The monoisotopic (exact) mass is 934 g/mol. The molecule has 4 aliphatic rings. The highest BCUT2D eigenvalue weighted by molar-refractivity contribution is 5.99. The third-order valence-electron chi connectivity index (χ3n) is 12.7. The SMILES string of the molecule is CO[C@]1(C)Oc2c(c3cc4nc(cc5[nH]c(cc6nc(cc2[nH]3)-c2c(OC(C)C)ccc(OC(C)C)c2-6)c2c5O[C@@](C)(OC)[C@](C)(OC)O2)-c2c(OC(C)C)ccc(OC(C)C)c2-4)O[C@@]1(C)OC. The average molecular weight is 935 g/mol. The Kier molecular flexibility index (Phi) is 11.6. The van der Waals surface area contributed by atoms with Gasteiger partial charge in [-0.3, -0.25) is 0 Å². The van der Waals surface area contributed by atoms with Crippen molar-refractivity contribution in [2.45, 2.75) is 131 Å². The minimum atomic E-state index is -1.41. The van der Waals surface area contributed by atoms with Gasteiger partial charge in [0, 0.05) is 56.1 Å². The van der Waals surface area contributed by atoms with Crippen molar-refractivity contribution < 1.29 is 56.8 Å². The number of hydrogen-bond acceptors (Lipinski definition) is 14. The lowest BCUT2D eigenvalue weighted by Gasteiger charge is -2.45. The number of ether oxygens (including phenoxy) is 12. The van der Waals surface area contributed by atoms with Gasteiger partial charge in [-0.15, -0.1) is 0 Å². The molecule has 0 unspecified atom stereocenters. The predicted octanol–water partition coefficient (Wildman–Crippen LogP) is 11.1. The quantitative estimate of drug-likeness (QED) is 0.119. The molecule has 2 aromatic carbocycles. The molecule has 5 aromatic rings. The maximum atomic E-state index is 6.86. The van der Waals surface area contributed by atoms with Gasteiger partial charge in [-0.1, -0.05) is 0 Å². The molecule has 0 amide bonds. The number of nitrogens with one attached hydrogen (secondary N) is 2. The number of hydrogen-bond donors (Lipinski definition) is 2. The Labute approximate surface area is 396 Å². The number of aromatic amines is 2. The number of methoxy groups -OCH3 is 4. The Hall–Kier alpha value is -6.20. The van der Waals surface area contributed by atoms with Crippen LogP contribution in [0.1, 0.15) is 83.1 Å². The van der Waals surface area contributed by atoms with Crippen molar-refractivity contribution in [2.75, 3.05) is 28.4 Å². The summed E-state index contributed by atoms with van der Waals surface area (Å²) in [5, 5.41) is 0. The second-order valence-electron chi connectivity index (χ2n) is 18.9. The van der Waals surface area contributed by atoms with E-state index >= 15 is 0 Å². The van der Waals surface area contributed by atoms with Gasteiger partial charge in [0.25, 0.3) is 23.1 Å². The summed E-state index contributed by atoms with van der Waals surface area (Å²) in [7, 11) is 6.19.